The van der Waals surface area contributed by atoms with Crippen LogP contribution in [-0.4, -0.2) is 70.9 Å². The standard InChI is InChI=1S/C23H30N12O6/c1-33-9-12(27-21(39)19-30-13(10-34(19)2)29-18(38)6-7-26-23(24)25)8-15(33)32-17(37)5-4-16(36)28-14-11-35(3)20(31-14)22(40)41/h8-11H,4-7H2,1-3H3,(H,27,39)(H,28,36)(H,29,38)(H,32,37)(H,40,41)(H4,24,25,26). The number of nitrogens with zero attached hydrogens (tertiary/aromatic N) is 6. The number of aromatic carboxylic acids is 1. The molecule has 0 aliphatic rings. The van der Waals surface area contributed by atoms with Gasteiger partial charge in [0.25, 0.3) is 5.91 Å². The first-order chi connectivity index (χ1) is 19.3. The second-order valence-corrected chi connectivity index (χ2v) is 8.81. The van der Waals surface area contributed by atoms with Crippen LogP contribution in [0.2, 0.25) is 0 Å². The number of carbonyl (C=O) groups is 5. The Hall–Kier alpha value is -5.68. The van der Waals surface area contributed by atoms with Crippen molar-refractivity contribution in [3.05, 3.63) is 36.3 Å². The maximum atomic E-state index is 12.8. The molecule has 0 aromatic carbocycles. The molecule has 9 N–H and O–H groups in total. The van der Waals surface area contributed by atoms with E-state index < -0.39 is 23.7 Å². The molecule has 0 bridgehead atoms. The quantitative estimate of drug-likeness (QED) is 0.107. The number of carboxylic acids is 1. The molecule has 18 nitrogen and oxygen atoms in total. The van der Waals surface area contributed by atoms with Crippen molar-refractivity contribution in [2.45, 2.75) is 19.3 Å². The molecule has 0 atom stereocenters. The number of hydrogen-bond acceptors (Lipinski definition) is 8. The Labute approximate surface area is 232 Å². The lowest BCUT2D eigenvalue weighted by Crippen LogP contribution is -2.23. The average Bonchev–Trinajstić information content (AvgIpc) is 3.53. The summed E-state index contributed by atoms with van der Waals surface area (Å²) < 4.78 is 4.25. The molecule has 18 heteroatoms. The highest BCUT2D eigenvalue weighted by Gasteiger charge is 2.18. The predicted octanol–water partition coefficient (Wildman–Crippen LogP) is -0.598. The Morgan fingerprint density at radius 3 is 1.88 bits per heavy atom. The third-order valence-electron chi connectivity index (χ3n) is 5.42. The van der Waals surface area contributed by atoms with Crippen LogP contribution in [0.4, 0.5) is 23.1 Å². The molecule has 0 spiro atoms. The third-order valence-corrected chi connectivity index (χ3v) is 5.42. The molecule has 3 heterocycles. The number of amides is 4. The minimum Gasteiger partial charge on any atom is -0.475 e. The van der Waals surface area contributed by atoms with E-state index in [1.165, 1.54) is 34.6 Å². The van der Waals surface area contributed by atoms with Gasteiger partial charge in [-0.15, -0.1) is 0 Å². The smallest absolute Gasteiger partial charge is 0.372 e. The van der Waals surface area contributed by atoms with Crippen LogP contribution in [0.15, 0.2) is 29.6 Å². The van der Waals surface area contributed by atoms with E-state index in [4.69, 9.17) is 16.6 Å². The summed E-state index contributed by atoms with van der Waals surface area (Å²) in [5.74, 6) is -2.92. The lowest BCUT2D eigenvalue weighted by Gasteiger charge is -2.06. The van der Waals surface area contributed by atoms with Crippen molar-refractivity contribution in [1.82, 2.24) is 23.7 Å². The van der Waals surface area contributed by atoms with Gasteiger partial charge in [-0.1, -0.05) is 0 Å². The monoisotopic (exact) mass is 570 g/mol. The Balaban J connectivity index is 1.51. The normalized spacial score (nSPS) is 10.5. The number of anilines is 4. The Morgan fingerprint density at radius 2 is 1.32 bits per heavy atom. The fourth-order valence-corrected chi connectivity index (χ4v) is 3.54. The second-order valence-electron chi connectivity index (χ2n) is 8.81. The molecule has 41 heavy (non-hydrogen) atoms. The number of imidazole rings is 2. The van der Waals surface area contributed by atoms with Crippen molar-refractivity contribution < 1.29 is 29.1 Å². The first-order valence-corrected chi connectivity index (χ1v) is 12.0. The number of nitrogens with one attached hydrogen (secondary N) is 4. The molecule has 0 saturated heterocycles. The van der Waals surface area contributed by atoms with E-state index in [0.717, 1.165) is 0 Å². The van der Waals surface area contributed by atoms with Gasteiger partial charge in [-0.3, -0.25) is 24.2 Å². The van der Waals surface area contributed by atoms with Crippen molar-refractivity contribution in [3.63, 3.8) is 0 Å². The first-order valence-electron chi connectivity index (χ1n) is 12.0. The van der Waals surface area contributed by atoms with Gasteiger partial charge >= 0.3 is 5.97 Å². The van der Waals surface area contributed by atoms with Crippen LogP contribution in [-0.2, 0) is 35.5 Å². The molecule has 0 fully saturated rings. The van der Waals surface area contributed by atoms with E-state index in [-0.39, 0.29) is 61.0 Å². The van der Waals surface area contributed by atoms with E-state index in [9.17, 15) is 24.0 Å². The maximum absolute atomic E-state index is 12.8. The molecule has 218 valence electrons. The van der Waals surface area contributed by atoms with E-state index in [1.54, 1.807) is 24.9 Å². The molecule has 0 radical (unpaired) electrons. The highest BCUT2D eigenvalue weighted by atomic mass is 16.4. The molecular formula is C23H30N12O6. The summed E-state index contributed by atoms with van der Waals surface area (Å²) in [4.78, 5) is 72.1. The Bertz CT molecular complexity index is 1510. The fraction of sp³-hybridized carbons (Fsp3) is 0.304. The highest BCUT2D eigenvalue weighted by molar-refractivity contribution is 6.03. The number of aromatic nitrogens is 5. The van der Waals surface area contributed by atoms with Gasteiger partial charge in [-0.2, -0.15) is 0 Å². The molecule has 0 saturated carbocycles. The molecule has 0 aliphatic carbocycles. The van der Waals surface area contributed by atoms with Crippen molar-refractivity contribution in [2.24, 2.45) is 37.6 Å². The van der Waals surface area contributed by atoms with Crippen LogP contribution < -0.4 is 32.7 Å². The third kappa shape index (κ3) is 8.40. The maximum Gasteiger partial charge on any atom is 0.372 e. The zero-order valence-electron chi connectivity index (χ0n) is 22.5. The van der Waals surface area contributed by atoms with Crippen molar-refractivity contribution in [1.29, 1.82) is 0 Å². The van der Waals surface area contributed by atoms with Gasteiger partial charge in [0.15, 0.2) is 17.6 Å². The van der Waals surface area contributed by atoms with Gasteiger partial charge in [0.05, 0.1) is 12.2 Å². The summed E-state index contributed by atoms with van der Waals surface area (Å²) in [5, 5.41) is 19.4. The van der Waals surface area contributed by atoms with E-state index >= 15 is 0 Å². The van der Waals surface area contributed by atoms with Crippen LogP contribution in [0.3, 0.4) is 0 Å². The summed E-state index contributed by atoms with van der Waals surface area (Å²) in [5.41, 5.74) is 10.8. The fourth-order valence-electron chi connectivity index (χ4n) is 3.54. The number of carbonyl (C=O) groups excluding carboxylic acids is 4. The van der Waals surface area contributed by atoms with Crippen molar-refractivity contribution >= 4 is 58.7 Å². The van der Waals surface area contributed by atoms with Crippen LogP contribution in [0.25, 0.3) is 0 Å². The first kappa shape index (κ1) is 29.9. The molecule has 3 aromatic rings. The van der Waals surface area contributed by atoms with Gasteiger partial charge in [0.1, 0.15) is 5.82 Å². The number of rotatable bonds is 12. The Morgan fingerprint density at radius 1 is 0.780 bits per heavy atom. The number of hydrogen-bond donors (Lipinski definition) is 7. The van der Waals surface area contributed by atoms with Crippen LogP contribution in [0.5, 0.6) is 0 Å². The zero-order chi connectivity index (χ0) is 30.3. The minimum absolute atomic E-state index is 0.0216. The van der Waals surface area contributed by atoms with Gasteiger partial charge in [0, 0.05) is 65.1 Å². The van der Waals surface area contributed by atoms with Gasteiger partial charge in [-0.25, -0.2) is 14.8 Å². The van der Waals surface area contributed by atoms with Crippen LogP contribution >= 0.6 is 0 Å². The lowest BCUT2D eigenvalue weighted by atomic mass is 10.3. The number of aryl methyl sites for hydroxylation is 3. The lowest BCUT2D eigenvalue weighted by molar-refractivity contribution is -0.121. The second kappa shape index (κ2) is 12.9. The molecule has 0 unspecified atom stereocenters. The summed E-state index contributed by atoms with van der Waals surface area (Å²) in [6, 6.07) is 1.52. The van der Waals surface area contributed by atoms with Gasteiger partial charge < -0.3 is 51.5 Å². The largest absolute Gasteiger partial charge is 0.475 e. The van der Waals surface area contributed by atoms with E-state index in [2.05, 4.69) is 36.2 Å². The predicted molar refractivity (Wildman–Crippen MR) is 147 cm³/mol. The van der Waals surface area contributed by atoms with E-state index in [1.807, 2.05) is 0 Å². The highest BCUT2D eigenvalue weighted by Crippen LogP contribution is 2.19. The molecular weight excluding hydrogens is 540 g/mol. The Kier molecular flexibility index (Phi) is 9.41. The summed E-state index contributed by atoms with van der Waals surface area (Å²) in [7, 11) is 4.71. The molecule has 4 amide bonds. The van der Waals surface area contributed by atoms with Crippen LogP contribution in [0.1, 0.15) is 40.5 Å². The van der Waals surface area contributed by atoms with Gasteiger partial charge in [-0.05, 0) is 0 Å². The zero-order valence-corrected chi connectivity index (χ0v) is 22.5. The van der Waals surface area contributed by atoms with Crippen LogP contribution in [0, 0.1) is 0 Å². The van der Waals surface area contributed by atoms with E-state index in [0.29, 0.717) is 11.5 Å². The summed E-state index contributed by atoms with van der Waals surface area (Å²) in [6.07, 6.45) is 4.07. The van der Waals surface area contributed by atoms with Crippen molar-refractivity contribution in [2.75, 3.05) is 27.8 Å². The average molecular weight is 571 g/mol. The molecule has 0 aliphatic heterocycles. The summed E-state index contributed by atoms with van der Waals surface area (Å²) >= 11 is 0. The number of aliphatic imine (C=N–C) groups is 1. The summed E-state index contributed by atoms with van der Waals surface area (Å²) in [6.45, 7) is 0.106. The van der Waals surface area contributed by atoms with Gasteiger partial charge in [0.2, 0.25) is 29.4 Å². The number of guanidine groups is 1. The van der Waals surface area contributed by atoms with Crippen molar-refractivity contribution in [3.8, 4) is 0 Å². The minimum atomic E-state index is -1.24. The molecule has 3 rings (SSSR count). The number of carboxylic acid groups (broad SMARTS) is 1. The topological polar surface area (TPSA) is 259 Å². The molecule has 3 aromatic heterocycles. The SMILES string of the molecule is Cn1cc(NC(=O)c2nc(NC(=O)CCN=C(N)N)cn2C)cc1NC(=O)CCC(=O)Nc1cn(C)c(C(=O)O)n1. The number of nitrogens with two attached hydrogens (primary N) is 2.